The molecule has 0 saturated heterocycles. The number of aliphatic carboxylic acids is 1. The van der Waals surface area contributed by atoms with Crippen molar-refractivity contribution in [2.24, 2.45) is 11.3 Å². The van der Waals surface area contributed by atoms with Gasteiger partial charge < -0.3 is 15.7 Å². The van der Waals surface area contributed by atoms with Crippen LogP contribution in [0.1, 0.15) is 41.5 Å². The quantitative estimate of drug-likeness (QED) is 0.642. The van der Waals surface area contributed by atoms with Gasteiger partial charge >= 0.3 is 5.97 Å². The molecule has 0 bridgehead atoms. The average Bonchev–Trinajstić information content (AvgIpc) is 2.23. The fourth-order valence-electron chi connectivity index (χ4n) is 1.17. The van der Waals surface area contributed by atoms with Gasteiger partial charge in [0.1, 0.15) is 0 Å². The van der Waals surface area contributed by atoms with Crippen molar-refractivity contribution >= 4 is 11.9 Å². The Morgan fingerprint density at radius 3 is 2.06 bits per heavy atom. The van der Waals surface area contributed by atoms with E-state index in [-0.39, 0.29) is 12.5 Å². The minimum absolute atomic E-state index is 0.113. The van der Waals surface area contributed by atoms with Crippen molar-refractivity contribution in [2.75, 3.05) is 13.1 Å². The summed E-state index contributed by atoms with van der Waals surface area (Å²) >= 11 is 0. The van der Waals surface area contributed by atoms with Crippen LogP contribution in [0.2, 0.25) is 0 Å². The second-order valence-electron chi connectivity index (χ2n) is 6.11. The predicted octanol–water partition coefficient (Wildman–Crippen LogP) is 1.24. The molecule has 106 valence electrons. The molecule has 0 saturated carbocycles. The summed E-state index contributed by atoms with van der Waals surface area (Å²) in [6.45, 7) is 11.7. The molecule has 0 radical (unpaired) electrons. The van der Waals surface area contributed by atoms with Crippen LogP contribution in [0.25, 0.3) is 0 Å². The highest BCUT2D eigenvalue weighted by Crippen LogP contribution is 2.30. The topological polar surface area (TPSA) is 78.4 Å². The number of carboxylic acid groups (broad SMARTS) is 1. The zero-order valence-electron chi connectivity index (χ0n) is 12.3. The molecule has 0 aliphatic heterocycles. The van der Waals surface area contributed by atoms with Crippen molar-refractivity contribution in [2.45, 2.75) is 47.1 Å². The van der Waals surface area contributed by atoms with E-state index in [0.29, 0.717) is 12.5 Å². The largest absolute Gasteiger partial charge is 0.481 e. The zero-order chi connectivity index (χ0) is 14.6. The maximum atomic E-state index is 11.6. The highest BCUT2D eigenvalue weighted by atomic mass is 16.4. The molecule has 0 rings (SSSR count). The van der Waals surface area contributed by atoms with Gasteiger partial charge in [0.15, 0.2) is 0 Å². The van der Waals surface area contributed by atoms with E-state index in [2.05, 4.69) is 10.6 Å². The molecule has 0 unspecified atom stereocenters. The molecular formula is C13H26N2O3. The summed E-state index contributed by atoms with van der Waals surface area (Å²) in [5, 5.41) is 15.0. The second-order valence-corrected chi connectivity index (χ2v) is 6.11. The van der Waals surface area contributed by atoms with Crippen LogP contribution in [-0.2, 0) is 9.59 Å². The average molecular weight is 258 g/mol. The number of carboxylic acids is 1. The van der Waals surface area contributed by atoms with Gasteiger partial charge in [-0.15, -0.1) is 0 Å². The highest BCUT2D eigenvalue weighted by Gasteiger charge is 2.43. The lowest BCUT2D eigenvalue weighted by Crippen LogP contribution is -2.57. The molecule has 3 N–H and O–H groups in total. The van der Waals surface area contributed by atoms with Crippen molar-refractivity contribution in [1.29, 1.82) is 0 Å². The fraction of sp³-hybridized carbons (Fsp3) is 0.846. The van der Waals surface area contributed by atoms with Crippen LogP contribution in [0.5, 0.6) is 0 Å². The molecule has 0 aromatic rings. The molecule has 5 nitrogen and oxygen atoms in total. The Morgan fingerprint density at radius 1 is 1.17 bits per heavy atom. The number of nitrogens with one attached hydrogen (secondary N) is 2. The normalized spacial score (nSPS) is 12.6. The van der Waals surface area contributed by atoms with Crippen molar-refractivity contribution in [3.8, 4) is 0 Å². The Hall–Kier alpha value is -1.10. The van der Waals surface area contributed by atoms with Gasteiger partial charge in [0.25, 0.3) is 0 Å². The van der Waals surface area contributed by atoms with E-state index in [9.17, 15) is 14.7 Å². The van der Waals surface area contributed by atoms with E-state index < -0.39 is 16.9 Å². The number of carbonyl (C=O) groups excluding carboxylic acids is 1. The van der Waals surface area contributed by atoms with Crippen molar-refractivity contribution < 1.29 is 14.7 Å². The molecule has 0 aliphatic carbocycles. The lowest BCUT2D eigenvalue weighted by atomic mass is 9.74. The summed E-state index contributed by atoms with van der Waals surface area (Å²) in [6.07, 6.45) is 0. The van der Waals surface area contributed by atoms with Gasteiger partial charge in [0.05, 0.1) is 12.0 Å². The number of carbonyl (C=O) groups is 2. The lowest BCUT2D eigenvalue weighted by molar-refractivity contribution is -0.151. The van der Waals surface area contributed by atoms with Crippen LogP contribution in [0.15, 0.2) is 0 Å². The Labute approximate surface area is 109 Å². The molecule has 0 spiro atoms. The first-order chi connectivity index (χ1) is 8.00. The van der Waals surface area contributed by atoms with E-state index in [4.69, 9.17) is 0 Å². The summed E-state index contributed by atoms with van der Waals surface area (Å²) in [7, 11) is 0. The molecule has 0 heterocycles. The van der Waals surface area contributed by atoms with Crippen LogP contribution in [0.4, 0.5) is 0 Å². The summed E-state index contributed by atoms with van der Waals surface area (Å²) < 4.78 is 0. The molecule has 0 aromatic heterocycles. The third-order valence-corrected chi connectivity index (χ3v) is 3.50. The molecule has 0 aliphatic rings. The molecule has 0 fully saturated rings. The maximum absolute atomic E-state index is 11.6. The Morgan fingerprint density at radius 2 is 1.67 bits per heavy atom. The standard InChI is InChI=1S/C13H26N2O3/c1-9(2)7-14-10(16)8-15-13(5,6)12(3,4)11(17)18/h9,15H,7-8H2,1-6H3,(H,14,16)(H,17,18). The number of hydrogen-bond donors (Lipinski definition) is 3. The predicted molar refractivity (Wildman–Crippen MR) is 71.3 cm³/mol. The van der Waals surface area contributed by atoms with Crippen LogP contribution >= 0.6 is 0 Å². The number of amides is 1. The Bertz CT molecular complexity index is 309. The van der Waals surface area contributed by atoms with E-state index in [1.165, 1.54) is 0 Å². The van der Waals surface area contributed by atoms with Crippen LogP contribution in [-0.4, -0.2) is 35.6 Å². The van der Waals surface area contributed by atoms with E-state index in [1.807, 2.05) is 13.8 Å². The zero-order valence-corrected chi connectivity index (χ0v) is 12.3. The summed E-state index contributed by atoms with van der Waals surface area (Å²) in [5.41, 5.74) is -1.63. The first kappa shape index (κ1) is 16.9. The fourth-order valence-corrected chi connectivity index (χ4v) is 1.17. The molecular weight excluding hydrogens is 232 g/mol. The molecule has 1 amide bonds. The van der Waals surface area contributed by atoms with Crippen LogP contribution in [0.3, 0.4) is 0 Å². The van der Waals surface area contributed by atoms with Gasteiger partial charge in [-0.05, 0) is 33.6 Å². The first-order valence-electron chi connectivity index (χ1n) is 6.26. The summed E-state index contributed by atoms with van der Waals surface area (Å²) in [4.78, 5) is 22.8. The highest BCUT2D eigenvalue weighted by molar-refractivity contribution is 5.79. The van der Waals surface area contributed by atoms with Gasteiger partial charge in [0, 0.05) is 12.1 Å². The van der Waals surface area contributed by atoms with Crippen LogP contribution in [0, 0.1) is 11.3 Å². The molecule has 5 heteroatoms. The Balaban J connectivity index is 4.35. The van der Waals surface area contributed by atoms with E-state index >= 15 is 0 Å². The molecule has 0 atom stereocenters. The third kappa shape index (κ3) is 4.64. The van der Waals surface area contributed by atoms with Crippen molar-refractivity contribution in [3.05, 3.63) is 0 Å². The van der Waals surface area contributed by atoms with E-state index in [0.717, 1.165) is 0 Å². The minimum atomic E-state index is -0.953. The lowest BCUT2D eigenvalue weighted by Gasteiger charge is -2.38. The van der Waals surface area contributed by atoms with E-state index in [1.54, 1.807) is 27.7 Å². The van der Waals surface area contributed by atoms with Gasteiger partial charge in [-0.3, -0.25) is 9.59 Å². The monoisotopic (exact) mass is 258 g/mol. The molecule has 18 heavy (non-hydrogen) atoms. The summed E-state index contributed by atoms with van der Waals surface area (Å²) in [6, 6.07) is 0. The maximum Gasteiger partial charge on any atom is 0.310 e. The second kappa shape index (κ2) is 6.18. The van der Waals surface area contributed by atoms with Gasteiger partial charge in [-0.25, -0.2) is 0 Å². The van der Waals surface area contributed by atoms with Gasteiger partial charge in [-0.1, -0.05) is 13.8 Å². The summed E-state index contributed by atoms with van der Waals surface area (Å²) in [5.74, 6) is -0.599. The third-order valence-electron chi connectivity index (χ3n) is 3.50. The number of rotatable bonds is 7. The smallest absolute Gasteiger partial charge is 0.310 e. The minimum Gasteiger partial charge on any atom is -0.481 e. The van der Waals surface area contributed by atoms with Gasteiger partial charge in [0.2, 0.25) is 5.91 Å². The number of hydrogen-bond acceptors (Lipinski definition) is 3. The SMILES string of the molecule is CC(C)CNC(=O)CNC(C)(C)C(C)(C)C(=O)O. The first-order valence-corrected chi connectivity index (χ1v) is 6.26. The van der Waals surface area contributed by atoms with Crippen molar-refractivity contribution in [3.63, 3.8) is 0 Å². The van der Waals surface area contributed by atoms with Gasteiger partial charge in [-0.2, -0.15) is 0 Å². The van der Waals surface area contributed by atoms with Crippen molar-refractivity contribution in [1.82, 2.24) is 10.6 Å². The van der Waals surface area contributed by atoms with Crippen LogP contribution < -0.4 is 10.6 Å². The molecule has 0 aromatic carbocycles. The Kier molecular flexibility index (Phi) is 5.80.